The number of nitro groups is 1. The lowest BCUT2D eigenvalue weighted by Crippen LogP contribution is -1.92. The van der Waals surface area contributed by atoms with Crippen LogP contribution in [0.25, 0.3) is 23.1 Å². The molecule has 0 radical (unpaired) electrons. The molecule has 0 unspecified atom stereocenters. The number of benzene rings is 2. The second-order valence-electron chi connectivity index (χ2n) is 4.81. The molecule has 0 aliphatic rings. The first-order valence-electron chi connectivity index (χ1n) is 6.72. The number of hydrogen-bond donors (Lipinski definition) is 0. The molecule has 114 valence electrons. The molecule has 0 fully saturated rings. The molecule has 1 aromatic heterocycles. The van der Waals surface area contributed by atoms with Gasteiger partial charge >= 0.3 is 0 Å². The van der Waals surface area contributed by atoms with Gasteiger partial charge in [-0.1, -0.05) is 47.5 Å². The van der Waals surface area contributed by atoms with Gasteiger partial charge in [0.05, 0.1) is 10.6 Å². The van der Waals surface area contributed by atoms with Crippen molar-refractivity contribution in [1.29, 1.82) is 0 Å². The van der Waals surface area contributed by atoms with Crippen LogP contribution in [-0.2, 0) is 0 Å². The molecule has 1 heterocycles. The van der Waals surface area contributed by atoms with Crippen LogP contribution in [0, 0.1) is 10.1 Å². The normalized spacial score (nSPS) is 11.2. The van der Waals surface area contributed by atoms with Crippen LogP contribution in [0.15, 0.2) is 48.5 Å². The van der Waals surface area contributed by atoms with Gasteiger partial charge in [0.15, 0.2) is 0 Å². The lowest BCUT2D eigenvalue weighted by atomic mass is 10.1. The number of hydrogen-bond acceptors (Lipinski definition) is 3. The summed E-state index contributed by atoms with van der Waals surface area (Å²) in [5.74, 6) is 0. The summed E-state index contributed by atoms with van der Waals surface area (Å²) in [6.07, 6.45) is 3.47. The van der Waals surface area contributed by atoms with Crippen molar-refractivity contribution in [2.75, 3.05) is 0 Å². The second-order valence-corrected chi connectivity index (χ2v) is 5.63. The number of pyridine rings is 1. The van der Waals surface area contributed by atoms with E-state index in [1.54, 1.807) is 54.6 Å². The van der Waals surface area contributed by atoms with Crippen molar-refractivity contribution in [3.63, 3.8) is 0 Å². The molecule has 0 saturated heterocycles. The number of aromatic nitrogens is 1. The van der Waals surface area contributed by atoms with Crippen molar-refractivity contribution in [1.82, 2.24) is 4.98 Å². The Kier molecular flexibility index (Phi) is 4.28. The van der Waals surface area contributed by atoms with Gasteiger partial charge in [0.1, 0.15) is 5.52 Å². The summed E-state index contributed by atoms with van der Waals surface area (Å²) in [6, 6.07) is 13.7. The van der Waals surface area contributed by atoms with Gasteiger partial charge in [0, 0.05) is 27.1 Å². The van der Waals surface area contributed by atoms with Crippen molar-refractivity contribution in [2.45, 2.75) is 0 Å². The lowest BCUT2D eigenvalue weighted by molar-refractivity contribution is -0.383. The molecule has 0 aliphatic heterocycles. The Hall–Kier alpha value is -2.43. The van der Waals surface area contributed by atoms with Crippen molar-refractivity contribution < 1.29 is 4.92 Å². The fraction of sp³-hybridized carbons (Fsp3) is 0. The van der Waals surface area contributed by atoms with Crippen LogP contribution in [0.4, 0.5) is 5.69 Å². The minimum Gasteiger partial charge on any atom is -0.258 e. The molecule has 0 saturated carbocycles. The summed E-state index contributed by atoms with van der Waals surface area (Å²) in [4.78, 5) is 15.0. The van der Waals surface area contributed by atoms with E-state index in [4.69, 9.17) is 23.2 Å². The van der Waals surface area contributed by atoms with E-state index in [2.05, 4.69) is 4.98 Å². The molecule has 0 atom stereocenters. The summed E-state index contributed by atoms with van der Waals surface area (Å²) in [7, 11) is 0. The Balaban J connectivity index is 2.06. The highest BCUT2D eigenvalue weighted by Gasteiger charge is 2.12. The van der Waals surface area contributed by atoms with Crippen molar-refractivity contribution in [2.24, 2.45) is 0 Å². The monoisotopic (exact) mass is 344 g/mol. The van der Waals surface area contributed by atoms with Crippen LogP contribution in [0.3, 0.4) is 0 Å². The minimum atomic E-state index is -0.437. The van der Waals surface area contributed by atoms with E-state index in [1.165, 1.54) is 6.07 Å². The molecular weight excluding hydrogens is 335 g/mol. The molecule has 3 rings (SSSR count). The van der Waals surface area contributed by atoms with Crippen LogP contribution in [-0.4, -0.2) is 9.91 Å². The maximum atomic E-state index is 11.1. The maximum absolute atomic E-state index is 11.1. The summed E-state index contributed by atoms with van der Waals surface area (Å²) >= 11 is 12.2. The molecule has 3 aromatic rings. The van der Waals surface area contributed by atoms with Gasteiger partial charge in [-0.2, -0.15) is 0 Å². The zero-order valence-corrected chi connectivity index (χ0v) is 13.3. The molecule has 0 bridgehead atoms. The first-order valence-corrected chi connectivity index (χ1v) is 7.48. The quantitative estimate of drug-likeness (QED) is 0.457. The zero-order valence-electron chi connectivity index (χ0n) is 11.7. The average molecular weight is 345 g/mol. The number of fused-ring (bicyclic) bond motifs is 1. The SMILES string of the molecule is O=[N+]([O-])c1cccc2ccc(C=Cc3c(Cl)cccc3Cl)nc12. The molecule has 23 heavy (non-hydrogen) atoms. The number of para-hydroxylation sites is 1. The Morgan fingerprint density at radius 1 is 0.957 bits per heavy atom. The fourth-order valence-electron chi connectivity index (χ4n) is 2.23. The molecule has 0 aliphatic carbocycles. The first-order chi connectivity index (χ1) is 11.1. The summed E-state index contributed by atoms with van der Waals surface area (Å²) in [5.41, 5.74) is 1.60. The van der Waals surface area contributed by atoms with E-state index in [0.29, 0.717) is 32.2 Å². The van der Waals surface area contributed by atoms with E-state index in [-0.39, 0.29) is 5.69 Å². The van der Waals surface area contributed by atoms with Crippen LogP contribution in [0.1, 0.15) is 11.3 Å². The largest absolute Gasteiger partial charge is 0.295 e. The third-order valence-electron chi connectivity index (χ3n) is 3.34. The third kappa shape index (κ3) is 3.18. The van der Waals surface area contributed by atoms with E-state index in [1.807, 2.05) is 0 Å². The molecule has 6 heteroatoms. The van der Waals surface area contributed by atoms with E-state index < -0.39 is 4.92 Å². The van der Waals surface area contributed by atoms with Crippen molar-refractivity contribution in [3.05, 3.63) is 79.9 Å². The summed E-state index contributed by atoms with van der Waals surface area (Å²) < 4.78 is 0. The Labute approximate surface area is 142 Å². The molecule has 0 N–H and O–H groups in total. The average Bonchev–Trinajstić information content (AvgIpc) is 2.53. The van der Waals surface area contributed by atoms with Gasteiger partial charge < -0.3 is 0 Å². The van der Waals surface area contributed by atoms with Crippen molar-refractivity contribution in [3.8, 4) is 0 Å². The Bertz CT molecular complexity index is 919. The summed E-state index contributed by atoms with van der Waals surface area (Å²) in [6.45, 7) is 0. The van der Waals surface area contributed by atoms with Gasteiger partial charge in [-0.25, -0.2) is 4.98 Å². The van der Waals surface area contributed by atoms with E-state index in [9.17, 15) is 10.1 Å². The predicted octanol–water partition coefficient (Wildman–Crippen LogP) is 5.62. The minimum absolute atomic E-state index is 0.0199. The van der Waals surface area contributed by atoms with Gasteiger partial charge in [-0.05, 0) is 30.4 Å². The zero-order chi connectivity index (χ0) is 16.4. The van der Waals surface area contributed by atoms with E-state index in [0.717, 1.165) is 0 Å². The number of halogens is 2. The smallest absolute Gasteiger partial charge is 0.258 e. The van der Waals surface area contributed by atoms with Crippen LogP contribution >= 0.6 is 23.2 Å². The highest BCUT2D eigenvalue weighted by molar-refractivity contribution is 6.37. The van der Waals surface area contributed by atoms with Gasteiger partial charge in [0.2, 0.25) is 0 Å². The number of rotatable bonds is 3. The molecule has 2 aromatic carbocycles. The highest BCUT2D eigenvalue weighted by Crippen LogP contribution is 2.27. The number of nitrogens with zero attached hydrogens (tertiary/aromatic N) is 2. The fourth-order valence-corrected chi connectivity index (χ4v) is 2.75. The van der Waals surface area contributed by atoms with Gasteiger partial charge in [0.25, 0.3) is 5.69 Å². The number of non-ortho nitro benzene ring substituents is 1. The van der Waals surface area contributed by atoms with Crippen LogP contribution in [0.2, 0.25) is 10.0 Å². The standard InChI is InChI=1S/C17H10Cl2N2O2/c18-14-4-2-5-15(19)13(14)10-9-12-8-7-11-3-1-6-16(21(22)23)17(11)20-12/h1-10H. The maximum Gasteiger partial charge on any atom is 0.295 e. The number of nitro benzene ring substituents is 1. The van der Waals surface area contributed by atoms with Gasteiger partial charge in [-0.15, -0.1) is 0 Å². The topological polar surface area (TPSA) is 56.0 Å². The summed E-state index contributed by atoms with van der Waals surface area (Å²) in [5, 5.41) is 12.9. The molecule has 4 nitrogen and oxygen atoms in total. The predicted molar refractivity (Wildman–Crippen MR) is 93.8 cm³/mol. The highest BCUT2D eigenvalue weighted by atomic mass is 35.5. The Morgan fingerprint density at radius 2 is 1.65 bits per heavy atom. The van der Waals surface area contributed by atoms with Crippen LogP contribution in [0.5, 0.6) is 0 Å². The first kappa shape index (κ1) is 15.5. The van der Waals surface area contributed by atoms with Crippen molar-refractivity contribution >= 4 is 51.9 Å². The molecule has 0 spiro atoms. The second kappa shape index (κ2) is 6.36. The molecular formula is C17H10Cl2N2O2. The lowest BCUT2D eigenvalue weighted by Gasteiger charge is -2.02. The Morgan fingerprint density at radius 3 is 2.35 bits per heavy atom. The van der Waals surface area contributed by atoms with Gasteiger partial charge in [-0.3, -0.25) is 10.1 Å². The van der Waals surface area contributed by atoms with E-state index >= 15 is 0 Å². The molecule has 0 amide bonds. The van der Waals surface area contributed by atoms with Crippen LogP contribution < -0.4 is 0 Å². The third-order valence-corrected chi connectivity index (χ3v) is 4.00.